The summed E-state index contributed by atoms with van der Waals surface area (Å²) in [5.41, 5.74) is 8.60. The lowest BCUT2D eigenvalue weighted by Crippen LogP contribution is -2.53. The van der Waals surface area contributed by atoms with Crippen LogP contribution in [0.1, 0.15) is 30.7 Å². The lowest BCUT2D eigenvalue weighted by Gasteiger charge is -2.43. The van der Waals surface area contributed by atoms with Crippen LogP contribution in [0.25, 0.3) is 11.3 Å². The number of benzene rings is 1. The molecular weight excluding hydrogens is 403 g/mol. The summed E-state index contributed by atoms with van der Waals surface area (Å²) in [6.45, 7) is 3.33. The first-order valence-electron chi connectivity index (χ1n) is 10.3. The Morgan fingerprint density at radius 3 is 2.70 bits per heavy atom. The molecule has 1 aromatic carbocycles. The first-order valence-corrected chi connectivity index (χ1v) is 12.1. The van der Waals surface area contributed by atoms with Gasteiger partial charge in [-0.05, 0) is 31.9 Å². The number of carboxylic acids is 1. The Morgan fingerprint density at radius 2 is 2.07 bits per heavy atom. The molecule has 9 heteroatoms. The molecule has 0 spiro atoms. The van der Waals surface area contributed by atoms with E-state index in [-0.39, 0.29) is 19.1 Å². The molecule has 30 heavy (non-hydrogen) atoms. The van der Waals surface area contributed by atoms with Crippen molar-refractivity contribution in [3.63, 3.8) is 0 Å². The van der Waals surface area contributed by atoms with Gasteiger partial charge in [0.05, 0.1) is 11.9 Å². The molecule has 0 aliphatic carbocycles. The van der Waals surface area contributed by atoms with E-state index >= 15 is 0 Å². The predicted octanol–water partition coefficient (Wildman–Crippen LogP) is 2.43. The third-order valence-corrected chi connectivity index (χ3v) is 8.92. The molecule has 164 valence electrons. The van der Waals surface area contributed by atoms with Crippen molar-refractivity contribution in [2.45, 2.75) is 37.9 Å². The average molecular weight is 434 g/mol. The number of aliphatic carboxylic acids is 1. The molecule has 2 aromatic rings. The summed E-state index contributed by atoms with van der Waals surface area (Å²) in [5, 5.41) is 8.34. The summed E-state index contributed by atoms with van der Waals surface area (Å²) in [5.74, 6) is -0.283. The SMILES string of the molecule is Cc1ncc(-c2ccccc2CN2CCP(=O)(O)[C@](CCCCN)(C(=O)O)C2)n1C. The van der Waals surface area contributed by atoms with Gasteiger partial charge in [-0.2, -0.15) is 0 Å². The summed E-state index contributed by atoms with van der Waals surface area (Å²) < 4.78 is 15.0. The molecule has 1 aliphatic heterocycles. The Kier molecular flexibility index (Phi) is 6.82. The maximum atomic E-state index is 13.0. The molecule has 1 unspecified atom stereocenters. The van der Waals surface area contributed by atoms with E-state index < -0.39 is 18.5 Å². The summed E-state index contributed by atoms with van der Waals surface area (Å²) in [6.07, 6.45) is 3.13. The van der Waals surface area contributed by atoms with E-state index in [0.29, 0.717) is 32.5 Å². The van der Waals surface area contributed by atoms with Crippen LogP contribution in [-0.4, -0.2) is 61.4 Å². The van der Waals surface area contributed by atoms with Gasteiger partial charge < -0.3 is 20.3 Å². The Morgan fingerprint density at radius 1 is 1.33 bits per heavy atom. The highest BCUT2D eigenvalue weighted by Crippen LogP contribution is 2.59. The standard InChI is InChI=1S/C21H31N4O4P/c1-16-23-13-19(24(16)2)18-8-4-3-7-17(18)14-25-11-12-30(28,29)21(15-25,20(26)27)9-5-6-10-22/h3-4,7-8,13H,5-6,9-12,14-15,22H2,1-2H3,(H,26,27)(H,28,29)/t21-/m0/s1. The minimum atomic E-state index is -3.84. The van der Waals surface area contributed by atoms with Gasteiger partial charge in [0.1, 0.15) is 5.82 Å². The molecule has 0 bridgehead atoms. The van der Waals surface area contributed by atoms with Gasteiger partial charge in [0.15, 0.2) is 5.16 Å². The number of nitrogens with two attached hydrogens (primary N) is 1. The average Bonchev–Trinajstić information content (AvgIpc) is 3.03. The Balaban J connectivity index is 1.89. The number of hydrogen-bond donors (Lipinski definition) is 3. The fourth-order valence-electron chi connectivity index (χ4n) is 4.23. The molecule has 0 amide bonds. The highest BCUT2D eigenvalue weighted by atomic mass is 31.2. The van der Waals surface area contributed by atoms with Crippen LogP contribution in [-0.2, 0) is 23.0 Å². The number of aryl methyl sites for hydroxylation is 1. The molecule has 1 fully saturated rings. The molecule has 2 atom stereocenters. The minimum Gasteiger partial charge on any atom is -0.480 e. The number of rotatable bonds is 8. The topological polar surface area (TPSA) is 122 Å². The summed E-state index contributed by atoms with van der Waals surface area (Å²) in [6, 6.07) is 7.96. The van der Waals surface area contributed by atoms with Gasteiger partial charge in [-0.15, -0.1) is 0 Å². The second-order valence-electron chi connectivity index (χ2n) is 8.13. The molecule has 1 saturated heterocycles. The van der Waals surface area contributed by atoms with Gasteiger partial charge in [-0.3, -0.25) is 14.3 Å². The lowest BCUT2D eigenvalue weighted by atomic mass is 9.98. The lowest BCUT2D eigenvalue weighted by molar-refractivity contribution is -0.141. The maximum absolute atomic E-state index is 13.0. The van der Waals surface area contributed by atoms with Gasteiger partial charge in [0.25, 0.3) is 0 Å². The van der Waals surface area contributed by atoms with Crippen LogP contribution in [0, 0.1) is 6.92 Å². The Hall–Kier alpha value is -1.99. The smallest absolute Gasteiger partial charge is 0.320 e. The van der Waals surface area contributed by atoms with Crippen LogP contribution in [0.2, 0.25) is 0 Å². The molecule has 2 heterocycles. The van der Waals surface area contributed by atoms with Gasteiger partial charge in [0, 0.05) is 38.4 Å². The van der Waals surface area contributed by atoms with E-state index in [1.54, 1.807) is 0 Å². The zero-order valence-electron chi connectivity index (χ0n) is 17.6. The second kappa shape index (κ2) is 9.02. The first kappa shape index (κ1) is 22.7. The Labute approximate surface area is 177 Å². The molecule has 4 N–H and O–H groups in total. The number of hydrogen-bond acceptors (Lipinski definition) is 5. The summed E-state index contributed by atoms with van der Waals surface area (Å²) in [4.78, 5) is 29.2. The van der Waals surface area contributed by atoms with Crippen molar-refractivity contribution in [3.05, 3.63) is 41.9 Å². The van der Waals surface area contributed by atoms with E-state index in [0.717, 1.165) is 22.6 Å². The highest BCUT2D eigenvalue weighted by molar-refractivity contribution is 7.61. The molecular formula is C21H31N4O4P. The third kappa shape index (κ3) is 4.23. The fraction of sp³-hybridized carbons (Fsp3) is 0.524. The zero-order valence-corrected chi connectivity index (χ0v) is 18.5. The quantitative estimate of drug-likeness (QED) is 0.431. The molecule has 1 aliphatic rings. The largest absolute Gasteiger partial charge is 0.480 e. The second-order valence-corrected chi connectivity index (χ2v) is 10.8. The van der Waals surface area contributed by atoms with Crippen LogP contribution in [0.3, 0.4) is 0 Å². The number of nitrogens with zero attached hydrogens (tertiary/aromatic N) is 3. The number of unbranched alkanes of at least 4 members (excludes halogenated alkanes) is 1. The van der Waals surface area contributed by atoms with Crippen molar-refractivity contribution in [2.75, 3.05) is 25.8 Å². The van der Waals surface area contributed by atoms with Crippen LogP contribution in [0.5, 0.6) is 0 Å². The van der Waals surface area contributed by atoms with Crippen molar-refractivity contribution in [1.82, 2.24) is 14.5 Å². The molecule has 0 radical (unpaired) electrons. The van der Waals surface area contributed by atoms with Crippen LogP contribution in [0.4, 0.5) is 0 Å². The number of carboxylic acid groups (broad SMARTS) is 1. The monoisotopic (exact) mass is 434 g/mol. The van der Waals surface area contributed by atoms with Crippen molar-refractivity contribution in [3.8, 4) is 11.3 Å². The fourth-order valence-corrected chi connectivity index (χ4v) is 6.44. The van der Waals surface area contributed by atoms with E-state index in [2.05, 4.69) is 4.98 Å². The summed E-state index contributed by atoms with van der Waals surface area (Å²) >= 11 is 0. The molecule has 0 saturated carbocycles. The van der Waals surface area contributed by atoms with Crippen molar-refractivity contribution in [2.24, 2.45) is 12.8 Å². The predicted molar refractivity (Wildman–Crippen MR) is 117 cm³/mol. The molecule has 8 nitrogen and oxygen atoms in total. The Bertz CT molecular complexity index is 960. The number of imidazole rings is 1. The van der Waals surface area contributed by atoms with Gasteiger partial charge in [-0.1, -0.05) is 30.7 Å². The molecule has 1 aromatic heterocycles. The maximum Gasteiger partial charge on any atom is 0.320 e. The van der Waals surface area contributed by atoms with E-state index in [9.17, 15) is 19.4 Å². The van der Waals surface area contributed by atoms with Crippen LogP contribution >= 0.6 is 7.37 Å². The first-order chi connectivity index (χ1) is 14.2. The highest BCUT2D eigenvalue weighted by Gasteiger charge is 2.56. The van der Waals surface area contributed by atoms with E-state index in [1.165, 1.54) is 0 Å². The van der Waals surface area contributed by atoms with E-state index in [1.807, 2.05) is 53.9 Å². The number of carbonyl (C=O) groups is 1. The third-order valence-electron chi connectivity index (χ3n) is 6.22. The van der Waals surface area contributed by atoms with Gasteiger partial charge in [-0.25, -0.2) is 4.98 Å². The molecule has 3 rings (SSSR count). The van der Waals surface area contributed by atoms with Crippen molar-refractivity contribution >= 4 is 13.3 Å². The van der Waals surface area contributed by atoms with Crippen LogP contribution in [0.15, 0.2) is 30.5 Å². The normalized spacial score (nSPS) is 24.8. The van der Waals surface area contributed by atoms with Gasteiger partial charge in [0.2, 0.25) is 7.37 Å². The van der Waals surface area contributed by atoms with E-state index in [4.69, 9.17) is 5.73 Å². The van der Waals surface area contributed by atoms with Crippen molar-refractivity contribution in [1.29, 1.82) is 0 Å². The van der Waals surface area contributed by atoms with Gasteiger partial charge >= 0.3 is 5.97 Å². The van der Waals surface area contributed by atoms with Crippen LogP contribution < -0.4 is 5.73 Å². The minimum absolute atomic E-state index is 0.0189. The summed E-state index contributed by atoms with van der Waals surface area (Å²) in [7, 11) is -1.87. The zero-order chi connectivity index (χ0) is 21.9. The number of aromatic nitrogens is 2. The van der Waals surface area contributed by atoms with Crippen molar-refractivity contribution < 1.29 is 19.4 Å².